The highest BCUT2D eigenvalue weighted by Crippen LogP contribution is 2.34. The van der Waals surface area contributed by atoms with Crippen molar-refractivity contribution in [3.05, 3.63) is 48.2 Å². The van der Waals surface area contributed by atoms with Gasteiger partial charge in [-0.3, -0.25) is 4.99 Å². The Bertz CT molecular complexity index is 821. The SMILES string of the molecule is CC1(C)N=C(/C=C(\N)c2ccc3ccccc3n2)C(C)(C)N1[O]. The van der Waals surface area contributed by atoms with Crippen molar-refractivity contribution >= 4 is 22.3 Å². The molecule has 2 N–H and O–H groups in total. The number of nitrogens with two attached hydrogens (primary N) is 1. The van der Waals surface area contributed by atoms with Crippen molar-refractivity contribution in [2.45, 2.75) is 38.9 Å². The maximum atomic E-state index is 12.4. The lowest BCUT2D eigenvalue weighted by molar-refractivity contribution is -0.240. The average molecular weight is 309 g/mol. The molecule has 0 fully saturated rings. The van der Waals surface area contributed by atoms with Crippen molar-refractivity contribution in [2.24, 2.45) is 10.7 Å². The van der Waals surface area contributed by atoms with E-state index >= 15 is 0 Å². The van der Waals surface area contributed by atoms with Crippen LogP contribution in [0.5, 0.6) is 0 Å². The van der Waals surface area contributed by atoms with E-state index in [1.54, 1.807) is 19.9 Å². The molecule has 2 aromatic rings. The van der Waals surface area contributed by atoms with Gasteiger partial charge >= 0.3 is 0 Å². The number of nitrogens with zero attached hydrogens (tertiary/aromatic N) is 3. The van der Waals surface area contributed by atoms with Gasteiger partial charge in [0.1, 0.15) is 5.66 Å². The molecule has 0 aliphatic carbocycles. The monoisotopic (exact) mass is 309 g/mol. The minimum absolute atomic E-state index is 0.508. The summed E-state index contributed by atoms with van der Waals surface area (Å²) in [6.07, 6.45) is 1.76. The summed E-state index contributed by atoms with van der Waals surface area (Å²) in [5.74, 6) is 0. The number of hydroxylamine groups is 2. The first kappa shape index (κ1) is 15.6. The summed E-state index contributed by atoms with van der Waals surface area (Å²) in [7, 11) is 0. The van der Waals surface area contributed by atoms with E-state index in [0.717, 1.165) is 16.0 Å². The van der Waals surface area contributed by atoms with Crippen LogP contribution in [0.25, 0.3) is 16.6 Å². The van der Waals surface area contributed by atoms with Gasteiger partial charge in [-0.15, -0.1) is 10.3 Å². The van der Waals surface area contributed by atoms with Crippen molar-refractivity contribution in [3.63, 3.8) is 0 Å². The second-order valence-electron chi connectivity index (χ2n) is 6.83. The highest BCUT2D eigenvalue weighted by atomic mass is 16.5. The first-order valence-corrected chi connectivity index (χ1v) is 7.63. The summed E-state index contributed by atoms with van der Waals surface area (Å²) in [5.41, 5.74) is 7.47. The van der Waals surface area contributed by atoms with E-state index < -0.39 is 11.2 Å². The van der Waals surface area contributed by atoms with Crippen LogP contribution in [0.2, 0.25) is 0 Å². The number of hydrogen-bond donors (Lipinski definition) is 1. The zero-order chi connectivity index (χ0) is 16.8. The average Bonchev–Trinajstić information content (AvgIpc) is 2.66. The maximum Gasteiger partial charge on any atom is 0.134 e. The second-order valence-corrected chi connectivity index (χ2v) is 6.83. The summed E-state index contributed by atoms with van der Waals surface area (Å²) in [5, 5.41) is 14.4. The lowest BCUT2D eigenvalue weighted by Gasteiger charge is -2.30. The van der Waals surface area contributed by atoms with Crippen LogP contribution in [0.3, 0.4) is 0 Å². The number of hydrogen-bond acceptors (Lipinski definition) is 4. The van der Waals surface area contributed by atoms with Gasteiger partial charge in [-0.25, -0.2) is 4.98 Å². The molecule has 0 spiro atoms. The van der Waals surface area contributed by atoms with Crippen LogP contribution < -0.4 is 5.73 Å². The van der Waals surface area contributed by atoms with Crippen LogP contribution >= 0.6 is 0 Å². The normalized spacial score (nSPS) is 20.7. The molecule has 1 radical (unpaired) electrons. The number of benzene rings is 1. The molecule has 0 bridgehead atoms. The summed E-state index contributed by atoms with van der Waals surface area (Å²) in [6.45, 7) is 7.30. The van der Waals surface area contributed by atoms with Gasteiger partial charge in [0.15, 0.2) is 0 Å². The first-order valence-electron chi connectivity index (χ1n) is 7.63. The van der Waals surface area contributed by atoms with Crippen LogP contribution in [0.1, 0.15) is 33.4 Å². The van der Waals surface area contributed by atoms with E-state index in [4.69, 9.17) is 5.73 Å². The summed E-state index contributed by atoms with van der Waals surface area (Å²) >= 11 is 0. The molecule has 0 atom stereocenters. The van der Waals surface area contributed by atoms with Crippen molar-refractivity contribution in [1.82, 2.24) is 10.0 Å². The molecule has 119 valence electrons. The van der Waals surface area contributed by atoms with Crippen molar-refractivity contribution in [3.8, 4) is 0 Å². The number of aromatic nitrogens is 1. The molecule has 1 aromatic carbocycles. The first-order chi connectivity index (χ1) is 10.7. The van der Waals surface area contributed by atoms with E-state index in [0.29, 0.717) is 17.1 Å². The van der Waals surface area contributed by atoms with E-state index in [2.05, 4.69) is 9.98 Å². The molecule has 5 heteroatoms. The quantitative estimate of drug-likeness (QED) is 0.926. The Hall–Kier alpha value is -2.24. The van der Waals surface area contributed by atoms with Gasteiger partial charge in [-0.1, -0.05) is 24.3 Å². The fourth-order valence-corrected chi connectivity index (χ4v) is 2.92. The molecule has 2 heterocycles. The third-order valence-corrected chi connectivity index (χ3v) is 4.21. The highest BCUT2D eigenvalue weighted by molar-refractivity contribution is 6.07. The van der Waals surface area contributed by atoms with Gasteiger partial charge in [0, 0.05) is 5.39 Å². The molecule has 0 unspecified atom stereocenters. The molecule has 5 nitrogen and oxygen atoms in total. The predicted molar refractivity (Wildman–Crippen MR) is 92.0 cm³/mol. The number of aliphatic imine (C=N–C) groups is 1. The number of fused-ring (bicyclic) bond motifs is 1. The van der Waals surface area contributed by atoms with Crippen LogP contribution in [-0.2, 0) is 5.21 Å². The summed E-state index contributed by atoms with van der Waals surface area (Å²) in [4.78, 5) is 9.11. The fourth-order valence-electron chi connectivity index (χ4n) is 2.92. The summed E-state index contributed by atoms with van der Waals surface area (Å²) in [6, 6.07) is 11.8. The number of para-hydroxylation sites is 1. The Balaban J connectivity index is 2.01. The number of rotatable bonds is 2. The highest BCUT2D eigenvalue weighted by Gasteiger charge is 2.47. The largest absolute Gasteiger partial charge is 0.397 e. The van der Waals surface area contributed by atoms with Gasteiger partial charge in [0.2, 0.25) is 0 Å². The van der Waals surface area contributed by atoms with Gasteiger partial charge < -0.3 is 5.73 Å². The standard InChI is InChI=1S/C18H21N4O/c1-17(2)16(21-18(3,4)22(17)23)11-13(19)15-10-9-12-7-5-6-8-14(12)20-15/h5-11H,19H2,1-4H3/b13-11-. The molecular formula is C18H21N4O. The molecule has 0 saturated carbocycles. The molecular weight excluding hydrogens is 288 g/mol. The summed E-state index contributed by atoms with van der Waals surface area (Å²) < 4.78 is 0. The van der Waals surface area contributed by atoms with Crippen molar-refractivity contribution < 1.29 is 5.21 Å². The molecule has 1 aliphatic rings. The molecule has 0 saturated heterocycles. The molecule has 0 amide bonds. The van der Waals surface area contributed by atoms with Crippen LogP contribution in [0, 0.1) is 0 Å². The zero-order valence-corrected chi connectivity index (χ0v) is 13.9. The second kappa shape index (κ2) is 5.15. The Morgan fingerprint density at radius 3 is 2.48 bits per heavy atom. The van der Waals surface area contributed by atoms with E-state index in [-0.39, 0.29) is 0 Å². The van der Waals surface area contributed by atoms with Gasteiger partial charge in [0.05, 0.1) is 28.2 Å². The molecule has 23 heavy (non-hydrogen) atoms. The smallest absolute Gasteiger partial charge is 0.134 e. The van der Waals surface area contributed by atoms with E-state index in [9.17, 15) is 5.21 Å². The van der Waals surface area contributed by atoms with Crippen LogP contribution in [0.4, 0.5) is 0 Å². The topological polar surface area (TPSA) is 74.4 Å². The minimum atomic E-state index is -0.785. The number of pyridine rings is 1. The minimum Gasteiger partial charge on any atom is -0.397 e. The fraction of sp³-hybridized carbons (Fsp3) is 0.333. The van der Waals surface area contributed by atoms with Gasteiger partial charge in [-0.2, -0.15) is 0 Å². The maximum absolute atomic E-state index is 12.4. The Labute approximate surface area is 136 Å². The van der Waals surface area contributed by atoms with Crippen molar-refractivity contribution in [2.75, 3.05) is 0 Å². The predicted octanol–water partition coefficient (Wildman–Crippen LogP) is 3.15. The zero-order valence-electron chi connectivity index (χ0n) is 13.9. The molecule has 1 aromatic heterocycles. The van der Waals surface area contributed by atoms with Gasteiger partial charge in [-0.05, 0) is 45.9 Å². The lowest BCUT2D eigenvalue weighted by Crippen LogP contribution is -2.48. The van der Waals surface area contributed by atoms with E-state index in [1.807, 2.05) is 50.2 Å². The van der Waals surface area contributed by atoms with Crippen LogP contribution in [0.15, 0.2) is 47.5 Å². The third-order valence-electron chi connectivity index (χ3n) is 4.21. The van der Waals surface area contributed by atoms with Crippen molar-refractivity contribution in [1.29, 1.82) is 0 Å². The Morgan fingerprint density at radius 1 is 1.13 bits per heavy atom. The van der Waals surface area contributed by atoms with E-state index in [1.165, 1.54) is 0 Å². The Morgan fingerprint density at radius 2 is 1.83 bits per heavy atom. The molecule has 3 rings (SSSR count). The Kier molecular flexibility index (Phi) is 3.50. The molecule has 1 aliphatic heterocycles. The third kappa shape index (κ3) is 2.62. The van der Waals surface area contributed by atoms with Crippen LogP contribution in [-0.4, -0.2) is 27.0 Å². The lowest BCUT2D eigenvalue weighted by atomic mass is 9.97. The van der Waals surface area contributed by atoms with Gasteiger partial charge in [0.25, 0.3) is 0 Å².